The number of nitrogens with one attached hydrogen (secondary N) is 2. The van der Waals surface area contributed by atoms with E-state index in [9.17, 15) is 19.5 Å². The smallest absolute Gasteiger partial charge is 0.303 e. The van der Waals surface area contributed by atoms with Crippen LogP contribution in [0.25, 0.3) is 0 Å². The molecule has 0 aliphatic carbocycles. The number of aliphatic hydroxyl groups excluding tert-OH is 1. The number of rotatable bonds is 3. The summed E-state index contributed by atoms with van der Waals surface area (Å²) in [5.74, 6) is -1.33. The van der Waals surface area contributed by atoms with Crippen molar-refractivity contribution in [2.45, 2.75) is 58.3 Å². The van der Waals surface area contributed by atoms with Gasteiger partial charge in [-0.15, -0.1) is 0 Å². The number of hydrogen-bond donors (Lipinski definition) is 3. The molecule has 1 rings (SSSR count). The Morgan fingerprint density at radius 2 is 1.55 bits per heavy atom. The number of hydrogen-bond acceptors (Lipinski definition) is 6. The van der Waals surface area contributed by atoms with Crippen LogP contribution in [0.5, 0.6) is 0 Å². The van der Waals surface area contributed by atoms with Crippen LogP contribution in [0.2, 0.25) is 0 Å². The Hall–Kier alpha value is -1.67. The number of ether oxygens (including phenoxy) is 2. The molecular weight excluding hydrogens is 268 g/mol. The minimum absolute atomic E-state index is 0.333. The molecular formula is C12H20N2O6. The highest BCUT2D eigenvalue weighted by molar-refractivity contribution is 5.74. The Morgan fingerprint density at radius 3 is 2.00 bits per heavy atom. The van der Waals surface area contributed by atoms with Gasteiger partial charge >= 0.3 is 5.97 Å². The Balaban J connectivity index is 3.01. The number of carbonyl (C=O) groups excluding carboxylic acids is 3. The van der Waals surface area contributed by atoms with E-state index in [0.717, 1.165) is 0 Å². The lowest BCUT2D eigenvalue weighted by molar-refractivity contribution is -0.222. The second-order valence-corrected chi connectivity index (χ2v) is 4.76. The van der Waals surface area contributed by atoms with Crippen LogP contribution < -0.4 is 10.6 Å². The zero-order chi connectivity index (χ0) is 15.4. The van der Waals surface area contributed by atoms with Gasteiger partial charge in [-0.3, -0.25) is 14.4 Å². The molecule has 1 aliphatic rings. The van der Waals surface area contributed by atoms with E-state index in [2.05, 4.69) is 10.6 Å². The van der Waals surface area contributed by atoms with E-state index in [1.807, 2.05) is 0 Å². The maximum absolute atomic E-state index is 11.2. The third kappa shape index (κ3) is 4.17. The number of esters is 1. The van der Waals surface area contributed by atoms with E-state index >= 15 is 0 Å². The summed E-state index contributed by atoms with van der Waals surface area (Å²) in [5, 5.41) is 15.0. The molecule has 3 N–H and O–H groups in total. The summed E-state index contributed by atoms with van der Waals surface area (Å²) < 4.78 is 10.4. The van der Waals surface area contributed by atoms with Gasteiger partial charge in [0.2, 0.25) is 11.8 Å². The summed E-state index contributed by atoms with van der Waals surface area (Å²) in [6, 6.07) is -1.62. The molecule has 1 saturated heterocycles. The fourth-order valence-corrected chi connectivity index (χ4v) is 2.20. The summed E-state index contributed by atoms with van der Waals surface area (Å²) in [5.41, 5.74) is 0. The number of amides is 2. The van der Waals surface area contributed by atoms with Crippen LogP contribution in [0.4, 0.5) is 0 Å². The molecule has 0 aromatic carbocycles. The maximum Gasteiger partial charge on any atom is 0.303 e. The van der Waals surface area contributed by atoms with Crippen molar-refractivity contribution in [1.82, 2.24) is 10.6 Å². The van der Waals surface area contributed by atoms with Gasteiger partial charge in [-0.1, -0.05) is 0 Å². The highest BCUT2D eigenvalue weighted by atomic mass is 16.6. The predicted molar refractivity (Wildman–Crippen MR) is 67.3 cm³/mol. The summed E-state index contributed by atoms with van der Waals surface area (Å²) >= 11 is 0. The van der Waals surface area contributed by atoms with Gasteiger partial charge in [-0.05, 0) is 6.92 Å². The summed E-state index contributed by atoms with van der Waals surface area (Å²) in [4.78, 5) is 33.7. The minimum atomic E-state index is -1.33. The molecule has 1 fully saturated rings. The zero-order valence-corrected chi connectivity index (χ0v) is 11.9. The first kappa shape index (κ1) is 16.4. The highest BCUT2D eigenvalue weighted by Gasteiger charge is 2.46. The van der Waals surface area contributed by atoms with Gasteiger partial charge in [0.25, 0.3) is 0 Å². The van der Waals surface area contributed by atoms with E-state index in [0.29, 0.717) is 0 Å². The number of carbonyl (C=O) groups is 3. The van der Waals surface area contributed by atoms with E-state index in [1.165, 1.54) is 20.8 Å². The van der Waals surface area contributed by atoms with Crippen LogP contribution >= 0.6 is 0 Å². The fourth-order valence-electron chi connectivity index (χ4n) is 2.20. The van der Waals surface area contributed by atoms with Crippen LogP contribution in [0.1, 0.15) is 27.7 Å². The van der Waals surface area contributed by atoms with Gasteiger partial charge < -0.3 is 25.2 Å². The standard InChI is InChI=1S/C12H20N2O6/c1-5-9(13-6(2)15)11(20-8(4)17)10(12(18)19-5)14-7(3)16/h5,9-12,18H,1-4H3,(H,13,15)(H,14,16)/t5-,9-,10-,11+,12?/m1/s1. The normalized spacial score (nSPS) is 33.1. The van der Waals surface area contributed by atoms with E-state index in [4.69, 9.17) is 9.47 Å². The SMILES string of the molecule is CC(=O)N[C@H]1[C@H](OC(C)=O)[C@@H](NC(C)=O)C(O)O[C@@H]1C. The summed E-state index contributed by atoms with van der Waals surface area (Å²) in [6.45, 7) is 5.42. The monoisotopic (exact) mass is 288 g/mol. The Morgan fingerprint density at radius 1 is 1.05 bits per heavy atom. The van der Waals surface area contributed by atoms with Crippen molar-refractivity contribution >= 4 is 17.8 Å². The molecule has 1 aliphatic heterocycles. The minimum Gasteiger partial charge on any atom is -0.458 e. The van der Waals surface area contributed by atoms with Crippen LogP contribution in [0.15, 0.2) is 0 Å². The first-order valence-electron chi connectivity index (χ1n) is 6.27. The van der Waals surface area contributed by atoms with Gasteiger partial charge in [-0.2, -0.15) is 0 Å². The van der Waals surface area contributed by atoms with Crippen molar-refractivity contribution < 1.29 is 29.0 Å². The molecule has 1 heterocycles. The largest absolute Gasteiger partial charge is 0.458 e. The molecule has 0 spiro atoms. The Labute approximate surface area is 116 Å². The molecule has 5 atom stereocenters. The van der Waals surface area contributed by atoms with Crippen molar-refractivity contribution in [3.05, 3.63) is 0 Å². The molecule has 0 bridgehead atoms. The predicted octanol–water partition coefficient (Wildman–Crippen LogP) is -1.34. The van der Waals surface area contributed by atoms with Gasteiger partial charge in [0.15, 0.2) is 6.29 Å². The fraction of sp³-hybridized carbons (Fsp3) is 0.750. The van der Waals surface area contributed by atoms with Gasteiger partial charge in [0, 0.05) is 20.8 Å². The Kier molecular flexibility index (Phi) is 5.46. The molecule has 0 radical (unpaired) electrons. The second-order valence-electron chi connectivity index (χ2n) is 4.76. The van der Waals surface area contributed by atoms with E-state index in [1.54, 1.807) is 6.92 Å². The van der Waals surface area contributed by atoms with Gasteiger partial charge in [-0.25, -0.2) is 0 Å². The molecule has 0 aromatic heterocycles. The maximum atomic E-state index is 11.2. The second kappa shape index (κ2) is 6.67. The van der Waals surface area contributed by atoms with Gasteiger partial charge in [0.1, 0.15) is 12.1 Å². The number of aliphatic hydroxyl groups is 1. The van der Waals surface area contributed by atoms with Gasteiger partial charge in [0.05, 0.1) is 12.1 Å². The Bertz CT molecular complexity index is 371. The molecule has 114 valence electrons. The molecule has 8 nitrogen and oxygen atoms in total. The lowest BCUT2D eigenvalue weighted by Crippen LogP contribution is -2.67. The summed E-state index contributed by atoms with van der Waals surface area (Å²) in [6.07, 6.45) is -2.83. The van der Waals surface area contributed by atoms with Crippen LogP contribution in [-0.4, -0.2) is 53.5 Å². The molecule has 0 saturated carbocycles. The molecule has 8 heteroatoms. The molecule has 1 unspecified atom stereocenters. The van der Waals surface area contributed by atoms with Crippen LogP contribution in [-0.2, 0) is 23.9 Å². The van der Waals surface area contributed by atoms with Crippen molar-refractivity contribution in [1.29, 1.82) is 0 Å². The zero-order valence-electron chi connectivity index (χ0n) is 11.9. The average molecular weight is 288 g/mol. The average Bonchev–Trinajstić information content (AvgIpc) is 2.27. The third-order valence-corrected chi connectivity index (χ3v) is 2.92. The van der Waals surface area contributed by atoms with Crippen LogP contribution in [0.3, 0.4) is 0 Å². The third-order valence-electron chi connectivity index (χ3n) is 2.92. The van der Waals surface area contributed by atoms with Crippen molar-refractivity contribution in [3.63, 3.8) is 0 Å². The highest BCUT2D eigenvalue weighted by Crippen LogP contribution is 2.22. The van der Waals surface area contributed by atoms with Crippen molar-refractivity contribution in [3.8, 4) is 0 Å². The van der Waals surface area contributed by atoms with E-state index in [-0.39, 0.29) is 5.91 Å². The molecule has 20 heavy (non-hydrogen) atoms. The summed E-state index contributed by atoms with van der Waals surface area (Å²) in [7, 11) is 0. The van der Waals surface area contributed by atoms with Crippen molar-refractivity contribution in [2.24, 2.45) is 0 Å². The lowest BCUT2D eigenvalue weighted by Gasteiger charge is -2.43. The van der Waals surface area contributed by atoms with E-state index < -0.39 is 42.5 Å². The van der Waals surface area contributed by atoms with Crippen LogP contribution in [0, 0.1) is 0 Å². The quantitative estimate of drug-likeness (QED) is 0.554. The topological polar surface area (TPSA) is 114 Å². The molecule has 0 aromatic rings. The first-order valence-corrected chi connectivity index (χ1v) is 6.27. The molecule has 2 amide bonds. The van der Waals surface area contributed by atoms with Crippen molar-refractivity contribution in [2.75, 3.05) is 0 Å². The first-order chi connectivity index (χ1) is 9.22. The lowest BCUT2D eigenvalue weighted by atomic mass is 9.94.